The molecule has 0 aliphatic carbocycles. The zero-order chi connectivity index (χ0) is 14.3. The van der Waals surface area contributed by atoms with Gasteiger partial charge in [0.2, 0.25) is 5.91 Å². The van der Waals surface area contributed by atoms with E-state index in [1.807, 2.05) is 24.3 Å². The third kappa shape index (κ3) is 5.62. The second-order valence-corrected chi connectivity index (χ2v) is 5.46. The first-order valence-electron chi connectivity index (χ1n) is 6.70. The van der Waals surface area contributed by atoms with Crippen molar-refractivity contribution in [2.75, 3.05) is 6.61 Å². The van der Waals surface area contributed by atoms with Crippen molar-refractivity contribution in [1.82, 2.24) is 5.32 Å². The molecule has 0 aliphatic heterocycles. The number of carbonyl (C=O) groups is 1. The Bertz CT molecular complexity index is 390. The third-order valence-electron chi connectivity index (χ3n) is 3.02. The van der Waals surface area contributed by atoms with Crippen LogP contribution in [0.25, 0.3) is 0 Å². The standard InChI is InChI=1S/C15H22ClNO2/c1-11(2)15(12-6-8-13(16)9-7-12)17-14(19)5-3-4-10-18/h6-9,11,15,18H,3-5,10H2,1-2H3,(H,17,19). The Hall–Kier alpha value is -1.06. The SMILES string of the molecule is CC(C)C(NC(=O)CCCCO)c1ccc(Cl)cc1. The molecule has 1 aromatic carbocycles. The first-order chi connectivity index (χ1) is 9.04. The summed E-state index contributed by atoms with van der Waals surface area (Å²) in [7, 11) is 0. The summed E-state index contributed by atoms with van der Waals surface area (Å²) in [5, 5.41) is 12.5. The lowest BCUT2D eigenvalue weighted by Gasteiger charge is -2.23. The summed E-state index contributed by atoms with van der Waals surface area (Å²) in [6.07, 6.45) is 1.84. The zero-order valence-corrected chi connectivity index (χ0v) is 12.3. The summed E-state index contributed by atoms with van der Waals surface area (Å²) in [4.78, 5) is 11.9. The van der Waals surface area contributed by atoms with Gasteiger partial charge in [-0.3, -0.25) is 4.79 Å². The fourth-order valence-electron chi connectivity index (χ4n) is 1.95. The van der Waals surface area contributed by atoms with Crippen LogP contribution in [-0.4, -0.2) is 17.6 Å². The van der Waals surface area contributed by atoms with Crippen LogP contribution in [0, 0.1) is 5.92 Å². The summed E-state index contributed by atoms with van der Waals surface area (Å²) in [6, 6.07) is 7.56. The van der Waals surface area contributed by atoms with Crippen molar-refractivity contribution in [2.45, 2.75) is 39.2 Å². The molecule has 1 aromatic rings. The first-order valence-corrected chi connectivity index (χ1v) is 7.08. The smallest absolute Gasteiger partial charge is 0.220 e. The molecule has 106 valence electrons. The Labute approximate surface area is 120 Å². The van der Waals surface area contributed by atoms with E-state index in [0.717, 1.165) is 5.56 Å². The summed E-state index contributed by atoms with van der Waals surface area (Å²) in [5.74, 6) is 0.338. The van der Waals surface area contributed by atoms with E-state index in [9.17, 15) is 4.79 Å². The fourth-order valence-corrected chi connectivity index (χ4v) is 2.07. The van der Waals surface area contributed by atoms with E-state index < -0.39 is 0 Å². The lowest BCUT2D eigenvalue weighted by Crippen LogP contribution is -2.31. The van der Waals surface area contributed by atoms with Crippen LogP contribution in [0.1, 0.15) is 44.7 Å². The molecule has 0 saturated carbocycles. The van der Waals surface area contributed by atoms with E-state index in [-0.39, 0.29) is 18.6 Å². The quantitative estimate of drug-likeness (QED) is 0.754. The molecular formula is C15H22ClNO2. The summed E-state index contributed by atoms with van der Waals surface area (Å²) in [6.45, 7) is 4.29. The molecule has 0 heterocycles. The molecule has 1 amide bonds. The van der Waals surface area contributed by atoms with Crippen molar-refractivity contribution in [3.63, 3.8) is 0 Å². The van der Waals surface area contributed by atoms with Gasteiger partial charge in [-0.1, -0.05) is 37.6 Å². The van der Waals surface area contributed by atoms with Gasteiger partial charge in [-0.2, -0.15) is 0 Å². The molecule has 0 spiro atoms. The largest absolute Gasteiger partial charge is 0.396 e. The number of nitrogens with one attached hydrogen (secondary N) is 1. The maximum atomic E-state index is 11.9. The predicted molar refractivity (Wildman–Crippen MR) is 78.1 cm³/mol. The molecule has 0 saturated heterocycles. The van der Waals surface area contributed by atoms with Gasteiger partial charge < -0.3 is 10.4 Å². The van der Waals surface area contributed by atoms with Crippen molar-refractivity contribution < 1.29 is 9.90 Å². The van der Waals surface area contributed by atoms with Gasteiger partial charge in [0.25, 0.3) is 0 Å². The Morgan fingerprint density at radius 1 is 1.26 bits per heavy atom. The highest BCUT2D eigenvalue weighted by Crippen LogP contribution is 2.23. The van der Waals surface area contributed by atoms with E-state index in [1.54, 1.807) is 0 Å². The number of rotatable bonds is 7. The number of halogens is 1. The molecule has 0 aliphatic rings. The highest BCUT2D eigenvalue weighted by Gasteiger charge is 2.17. The van der Waals surface area contributed by atoms with E-state index in [2.05, 4.69) is 19.2 Å². The molecule has 0 bridgehead atoms. The van der Waals surface area contributed by atoms with E-state index >= 15 is 0 Å². The van der Waals surface area contributed by atoms with Crippen LogP contribution < -0.4 is 5.32 Å². The number of hydrogen-bond donors (Lipinski definition) is 2. The third-order valence-corrected chi connectivity index (χ3v) is 3.28. The minimum absolute atomic E-state index is 0.00102. The molecule has 0 aromatic heterocycles. The van der Waals surface area contributed by atoms with Crippen LogP contribution in [0.2, 0.25) is 5.02 Å². The van der Waals surface area contributed by atoms with Crippen LogP contribution in [0.3, 0.4) is 0 Å². The molecular weight excluding hydrogens is 262 g/mol. The molecule has 1 rings (SSSR count). The number of carbonyl (C=O) groups excluding carboxylic acids is 1. The average Bonchev–Trinajstić information content (AvgIpc) is 2.37. The van der Waals surface area contributed by atoms with Crippen LogP contribution in [0.4, 0.5) is 0 Å². The van der Waals surface area contributed by atoms with E-state index in [4.69, 9.17) is 16.7 Å². The minimum Gasteiger partial charge on any atom is -0.396 e. The maximum absolute atomic E-state index is 11.9. The van der Waals surface area contributed by atoms with Gasteiger partial charge in [0.15, 0.2) is 0 Å². The number of aliphatic hydroxyl groups excluding tert-OH is 1. The van der Waals surface area contributed by atoms with Crippen molar-refractivity contribution in [3.8, 4) is 0 Å². The molecule has 1 unspecified atom stereocenters. The number of hydrogen-bond acceptors (Lipinski definition) is 2. The van der Waals surface area contributed by atoms with Crippen LogP contribution >= 0.6 is 11.6 Å². The normalized spacial score (nSPS) is 12.5. The Kier molecular flexibility index (Phi) is 6.89. The van der Waals surface area contributed by atoms with Gasteiger partial charge in [-0.25, -0.2) is 0 Å². The summed E-state index contributed by atoms with van der Waals surface area (Å²) < 4.78 is 0. The van der Waals surface area contributed by atoms with Gasteiger partial charge in [-0.15, -0.1) is 0 Å². The first kappa shape index (κ1) is 16.0. The highest BCUT2D eigenvalue weighted by molar-refractivity contribution is 6.30. The lowest BCUT2D eigenvalue weighted by atomic mass is 9.96. The topological polar surface area (TPSA) is 49.3 Å². The molecule has 2 N–H and O–H groups in total. The molecule has 4 heteroatoms. The number of amides is 1. The predicted octanol–water partition coefficient (Wildman–Crippen LogP) is 3.32. The highest BCUT2D eigenvalue weighted by atomic mass is 35.5. The summed E-state index contributed by atoms with van der Waals surface area (Å²) >= 11 is 5.88. The van der Waals surface area contributed by atoms with Crippen molar-refractivity contribution in [3.05, 3.63) is 34.9 Å². The molecule has 19 heavy (non-hydrogen) atoms. The van der Waals surface area contributed by atoms with Crippen LogP contribution in [0.5, 0.6) is 0 Å². The van der Waals surface area contributed by atoms with Gasteiger partial charge in [-0.05, 0) is 36.5 Å². The number of benzene rings is 1. The number of aliphatic hydroxyl groups is 1. The van der Waals surface area contributed by atoms with Gasteiger partial charge in [0.1, 0.15) is 0 Å². The number of unbranched alkanes of at least 4 members (excludes halogenated alkanes) is 1. The average molecular weight is 284 g/mol. The second kappa shape index (κ2) is 8.18. The van der Waals surface area contributed by atoms with Gasteiger partial charge in [0.05, 0.1) is 6.04 Å². The monoisotopic (exact) mass is 283 g/mol. The fraction of sp³-hybridized carbons (Fsp3) is 0.533. The molecule has 0 fully saturated rings. The Balaban J connectivity index is 2.63. The molecule has 1 atom stereocenters. The van der Waals surface area contributed by atoms with Crippen molar-refractivity contribution in [2.24, 2.45) is 5.92 Å². The van der Waals surface area contributed by atoms with E-state index in [1.165, 1.54) is 0 Å². The Morgan fingerprint density at radius 2 is 1.89 bits per heavy atom. The molecule has 3 nitrogen and oxygen atoms in total. The molecule has 0 radical (unpaired) electrons. The summed E-state index contributed by atoms with van der Waals surface area (Å²) in [5.41, 5.74) is 1.06. The van der Waals surface area contributed by atoms with Crippen molar-refractivity contribution >= 4 is 17.5 Å². The van der Waals surface area contributed by atoms with Crippen molar-refractivity contribution in [1.29, 1.82) is 0 Å². The second-order valence-electron chi connectivity index (χ2n) is 5.02. The van der Waals surface area contributed by atoms with E-state index in [0.29, 0.717) is 30.2 Å². The minimum atomic E-state index is -0.00102. The van der Waals surface area contributed by atoms with Gasteiger partial charge in [0, 0.05) is 18.1 Å². The lowest BCUT2D eigenvalue weighted by molar-refractivity contribution is -0.122. The maximum Gasteiger partial charge on any atom is 0.220 e. The van der Waals surface area contributed by atoms with Gasteiger partial charge >= 0.3 is 0 Å². The Morgan fingerprint density at radius 3 is 2.42 bits per heavy atom. The van der Waals surface area contributed by atoms with Crippen LogP contribution in [0.15, 0.2) is 24.3 Å². The van der Waals surface area contributed by atoms with Crippen LogP contribution in [-0.2, 0) is 4.79 Å². The zero-order valence-electron chi connectivity index (χ0n) is 11.5.